The molecule has 0 amide bonds. The highest BCUT2D eigenvalue weighted by atomic mass is 16.5. The number of fused-ring (bicyclic) bond motifs is 1. The summed E-state index contributed by atoms with van der Waals surface area (Å²) < 4.78 is 8.06. The molecular formula is C18H26N2O. The van der Waals surface area contributed by atoms with Crippen LogP contribution in [0.5, 0.6) is 0 Å². The smallest absolute Gasteiger partial charge is 0.0482 e. The van der Waals surface area contributed by atoms with E-state index in [0.29, 0.717) is 0 Å². The highest BCUT2D eigenvalue weighted by Gasteiger charge is 2.17. The molecule has 3 heteroatoms. The van der Waals surface area contributed by atoms with Gasteiger partial charge in [-0.3, -0.25) is 0 Å². The fourth-order valence-electron chi connectivity index (χ4n) is 3.32. The van der Waals surface area contributed by atoms with Gasteiger partial charge in [-0.25, -0.2) is 0 Å². The molecule has 1 aromatic heterocycles. The van der Waals surface area contributed by atoms with Crippen LogP contribution in [0, 0.1) is 5.92 Å². The van der Waals surface area contributed by atoms with Crippen LogP contribution in [-0.2, 0) is 17.7 Å². The molecule has 1 saturated heterocycles. The lowest BCUT2D eigenvalue weighted by atomic mass is 10.00. The predicted octanol–water partition coefficient (Wildman–Crippen LogP) is 3.22. The zero-order valence-electron chi connectivity index (χ0n) is 13.0. The number of rotatable bonds is 6. The maximum absolute atomic E-state index is 5.50. The molecule has 0 spiro atoms. The van der Waals surface area contributed by atoms with Gasteiger partial charge in [0.2, 0.25) is 0 Å². The van der Waals surface area contributed by atoms with Gasteiger partial charge in [0.1, 0.15) is 0 Å². The number of nitrogens with zero attached hydrogens (tertiary/aromatic N) is 1. The highest BCUT2D eigenvalue weighted by molar-refractivity contribution is 5.81. The van der Waals surface area contributed by atoms with Crippen LogP contribution in [0.25, 0.3) is 10.9 Å². The van der Waals surface area contributed by atoms with E-state index >= 15 is 0 Å². The first-order valence-electron chi connectivity index (χ1n) is 8.18. The first kappa shape index (κ1) is 14.6. The zero-order valence-corrected chi connectivity index (χ0v) is 13.0. The molecule has 1 aliphatic rings. The molecule has 0 saturated carbocycles. The summed E-state index contributed by atoms with van der Waals surface area (Å²) in [5.41, 5.74) is 2.88. The van der Waals surface area contributed by atoms with Crippen LogP contribution < -0.4 is 5.32 Å². The molecule has 114 valence electrons. The molecule has 0 radical (unpaired) electrons. The quantitative estimate of drug-likeness (QED) is 0.825. The van der Waals surface area contributed by atoms with Crippen molar-refractivity contribution in [2.24, 2.45) is 5.92 Å². The van der Waals surface area contributed by atoms with Crippen LogP contribution in [0.15, 0.2) is 30.3 Å². The van der Waals surface area contributed by atoms with E-state index in [1.54, 1.807) is 0 Å². The van der Waals surface area contributed by atoms with Crippen LogP contribution in [-0.4, -0.2) is 31.4 Å². The second kappa shape index (κ2) is 7.10. The summed E-state index contributed by atoms with van der Waals surface area (Å²) in [6, 6.07) is 11.2. The first-order valence-corrected chi connectivity index (χ1v) is 8.18. The van der Waals surface area contributed by atoms with E-state index in [4.69, 9.17) is 4.74 Å². The van der Waals surface area contributed by atoms with Crippen molar-refractivity contribution in [1.29, 1.82) is 0 Å². The number of aryl methyl sites for hydroxylation is 1. The molecule has 2 heterocycles. The Morgan fingerprint density at radius 3 is 2.86 bits per heavy atom. The van der Waals surface area contributed by atoms with E-state index in [-0.39, 0.29) is 0 Å². The lowest BCUT2D eigenvalue weighted by Crippen LogP contribution is -2.21. The third kappa shape index (κ3) is 3.47. The molecule has 21 heavy (non-hydrogen) atoms. The number of hydrogen-bond acceptors (Lipinski definition) is 2. The minimum atomic E-state index is 0.762. The molecule has 1 aliphatic heterocycles. The Hall–Kier alpha value is -1.32. The lowest BCUT2D eigenvalue weighted by molar-refractivity contribution is 0.0614. The zero-order chi connectivity index (χ0) is 14.5. The standard InChI is InChI=1S/C18H26N2O/c1-19-10-4-6-17-13-16-5-2-3-7-18(16)20(17)14-15-8-11-21-12-9-15/h2-3,5,7,13,15,19H,4,6,8-12,14H2,1H3. The Balaban J connectivity index is 1.83. The van der Waals surface area contributed by atoms with Gasteiger partial charge in [0.25, 0.3) is 0 Å². The fraction of sp³-hybridized carbons (Fsp3) is 0.556. The number of nitrogens with one attached hydrogen (secondary N) is 1. The molecule has 1 fully saturated rings. The van der Waals surface area contributed by atoms with Gasteiger partial charge in [0.15, 0.2) is 0 Å². The summed E-state index contributed by atoms with van der Waals surface area (Å²) >= 11 is 0. The second-order valence-electron chi connectivity index (χ2n) is 6.07. The van der Waals surface area contributed by atoms with Gasteiger partial charge in [-0.05, 0) is 62.7 Å². The van der Waals surface area contributed by atoms with Gasteiger partial charge in [-0.2, -0.15) is 0 Å². The highest BCUT2D eigenvalue weighted by Crippen LogP contribution is 2.25. The summed E-state index contributed by atoms with van der Waals surface area (Å²) in [6.45, 7) is 4.09. The Bertz CT molecular complexity index is 570. The Kier molecular flexibility index (Phi) is 4.94. The topological polar surface area (TPSA) is 26.2 Å². The molecule has 0 atom stereocenters. The number of aromatic nitrogens is 1. The molecule has 1 aromatic carbocycles. The predicted molar refractivity (Wildman–Crippen MR) is 87.7 cm³/mol. The number of ether oxygens (including phenoxy) is 1. The first-order chi connectivity index (χ1) is 10.4. The summed E-state index contributed by atoms with van der Waals surface area (Å²) in [7, 11) is 2.03. The number of benzene rings is 1. The van der Waals surface area contributed by atoms with Crippen LogP contribution in [0.3, 0.4) is 0 Å². The van der Waals surface area contributed by atoms with Gasteiger partial charge >= 0.3 is 0 Å². The van der Waals surface area contributed by atoms with Crippen molar-refractivity contribution < 1.29 is 4.74 Å². The number of para-hydroxylation sites is 1. The lowest BCUT2D eigenvalue weighted by Gasteiger charge is -2.24. The molecular weight excluding hydrogens is 260 g/mol. The van der Waals surface area contributed by atoms with Crippen LogP contribution in [0.1, 0.15) is 25.0 Å². The Labute approximate surface area is 127 Å². The van der Waals surface area contributed by atoms with Crippen molar-refractivity contribution in [3.63, 3.8) is 0 Å². The van der Waals surface area contributed by atoms with E-state index in [0.717, 1.165) is 38.6 Å². The van der Waals surface area contributed by atoms with E-state index in [1.165, 1.54) is 35.9 Å². The van der Waals surface area contributed by atoms with Crippen molar-refractivity contribution in [1.82, 2.24) is 9.88 Å². The third-order valence-corrected chi connectivity index (χ3v) is 4.54. The van der Waals surface area contributed by atoms with Crippen molar-refractivity contribution in [2.75, 3.05) is 26.8 Å². The van der Waals surface area contributed by atoms with Crippen LogP contribution in [0.4, 0.5) is 0 Å². The molecule has 0 unspecified atom stereocenters. The van der Waals surface area contributed by atoms with Gasteiger partial charge in [0, 0.05) is 31.0 Å². The van der Waals surface area contributed by atoms with Crippen molar-refractivity contribution in [3.8, 4) is 0 Å². The van der Waals surface area contributed by atoms with Gasteiger partial charge in [-0.1, -0.05) is 18.2 Å². The average molecular weight is 286 g/mol. The second-order valence-corrected chi connectivity index (χ2v) is 6.07. The number of hydrogen-bond donors (Lipinski definition) is 1. The summed E-state index contributed by atoms with van der Waals surface area (Å²) in [5, 5.41) is 4.63. The largest absolute Gasteiger partial charge is 0.381 e. The third-order valence-electron chi connectivity index (χ3n) is 4.54. The summed E-state index contributed by atoms with van der Waals surface area (Å²) in [6.07, 6.45) is 4.74. The monoisotopic (exact) mass is 286 g/mol. The minimum absolute atomic E-state index is 0.762. The van der Waals surface area contributed by atoms with E-state index in [9.17, 15) is 0 Å². The molecule has 0 bridgehead atoms. The molecule has 1 N–H and O–H groups in total. The summed E-state index contributed by atoms with van der Waals surface area (Å²) in [4.78, 5) is 0. The van der Waals surface area contributed by atoms with Crippen LogP contribution >= 0.6 is 0 Å². The fourth-order valence-corrected chi connectivity index (χ4v) is 3.32. The van der Waals surface area contributed by atoms with Crippen LogP contribution in [0.2, 0.25) is 0 Å². The van der Waals surface area contributed by atoms with Gasteiger partial charge in [0.05, 0.1) is 0 Å². The maximum atomic E-state index is 5.50. The Morgan fingerprint density at radius 1 is 1.24 bits per heavy atom. The van der Waals surface area contributed by atoms with E-state index < -0.39 is 0 Å². The minimum Gasteiger partial charge on any atom is -0.381 e. The average Bonchev–Trinajstić information content (AvgIpc) is 2.87. The normalized spacial score (nSPS) is 16.6. The molecule has 3 rings (SSSR count). The SMILES string of the molecule is CNCCCc1cc2ccccc2n1CC1CCOCC1. The van der Waals surface area contributed by atoms with Crippen molar-refractivity contribution in [2.45, 2.75) is 32.2 Å². The maximum Gasteiger partial charge on any atom is 0.0482 e. The van der Waals surface area contributed by atoms with Crippen molar-refractivity contribution >= 4 is 10.9 Å². The molecule has 2 aromatic rings. The molecule has 3 nitrogen and oxygen atoms in total. The van der Waals surface area contributed by atoms with Gasteiger partial charge in [-0.15, -0.1) is 0 Å². The molecule has 0 aliphatic carbocycles. The van der Waals surface area contributed by atoms with E-state index in [1.807, 2.05) is 7.05 Å². The van der Waals surface area contributed by atoms with E-state index in [2.05, 4.69) is 40.2 Å². The van der Waals surface area contributed by atoms with Crippen molar-refractivity contribution in [3.05, 3.63) is 36.0 Å². The van der Waals surface area contributed by atoms with Gasteiger partial charge < -0.3 is 14.6 Å². The Morgan fingerprint density at radius 2 is 2.05 bits per heavy atom. The summed E-state index contributed by atoms with van der Waals surface area (Å²) in [5.74, 6) is 0.762.